The Bertz CT molecular complexity index is 478. The van der Waals surface area contributed by atoms with Gasteiger partial charge in [-0.1, -0.05) is 24.3 Å². The fraction of sp³-hybridized carbons (Fsp3) is 0.533. The average molecular weight is 260 g/mol. The number of hydrogen-bond donors (Lipinski definition) is 2. The second-order valence-electron chi connectivity index (χ2n) is 5.89. The van der Waals surface area contributed by atoms with Crippen molar-refractivity contribution in [2.24, 2.45) is 5.73 Å². The molecule has 1 aromatic carbocycles. The van der Waals surface area contributed by atoms with E-state index < -0.39 is 11.5 Å². The van der Waals surface area contributed by atoms with Crippen LogP contribution < -0.4 is 5.73 Å². The van der Waals surface area contributed by atoms with Crippen LogP contribution in [-0.2, 0) is 17.9 Å². The molecule has 1 aliphatic heterocycles. The van der Waals surface area contributed by atoms with Crippen LogP contribution in [0.4, 0.5) is 0 Å². The summed E-state index contributed by atoms with van der Waals surface area (Å²) in [5, 5.41) is 9.29. The van der Waals surface area contributed by atoms with Gasteiger partial charge >= 0.3 is 5.97 Å². The Morgan fingerprint density at radius 3 is 2.53 bits per heavy atom. The van der Waals surface area contributed by atoms with E-state index in [4.69, 9.17) is 5.73 Å². The lowest BCUT2D eigenvalue weighted by Gasteiger charge is -2.38. The Morgan fingerprint density at radius 1 is 1.32 bits per heavy atom. The van der Waals surface area contributed by atoms with Crippen LogP contribution >= 0.6 is 0 Å². The number of rotatable bonds is 2. The maximum Gasteiger partial charge on any atom is 0.323 e. The molecule has 0 bridgehead atoms. The maximum absolute atomic E-state index is 11.3. The highest BCUT2D eigenvalue weighted by molar-refractivity contribution is 5.78. The lowest BCUT2D eigenvalue weighted by Crippen LogP contribution is -2.55. The van der Waals surface area contributed by atoms with Crippen molar-refractivity contribution in [3.05, 3.63) is 35.4 Å². The molecule has 0 spiro atoms. The van der Waals surface area contributed by atoms with E-state index in [-0.39, 0.29) is 0 Å². The highest BCUT2D eigenvalue weighted by atomic mass is 16.4. The fourth-order valence-electron chi connectivity index (χ4n) is 3.40. The third kappa shape index (κ3) is 2.26. The molecule has 4 heteroatoms. The van der Waals surface area contributed by atoms with Crippen LogP contribution in [-0.4, -0.2) is 27.6 Å². The van der Waals surface area contributed by atoms with E-state index in [9.17, 15) is 9.90 Å². The molecule has 2 aliphatic rings. The molecule has 2 atom stereocenters. The largest absolute Gasteiger partial charge is 0.480 e. The van der Waals surface area contributed by atoms with Crippen LogP contribution in [0.5, 0.6) is 0 Å². The van der Waals surface area contributed by atoms with Crippen LogP contribution in [0.1, 0.15) is 36.8 Å². The molecule has 19 heavy (non-hydrogen) atoms. The quantitative estimate of drug-likeness (QED) is 0.850. The standard InChI is InChI=1S/C15H20N2O2/c16-15(14(18)19)7-3-6-13(8-15)17-9-11-4-1-2-5-12(11)10-17/h1-2,4-5,13H,3,6-10,16H2,(H,18,19). The molecule has 1 fully saturated rings. The van der Waals surface area contributed by atoms with Gasteiger partial charge in [-0.05, 0) is 36.8 Å². The monoisotopic (exact) mass is 260 g/mol. The predicted octanol–water partition coefficient (Wildman–Crippen LogP) is 1.73. The van der Waals surface area contributed by atoms with Crippen molar-refractivity contribution < 1.29 is 9.90 Å². The Morgan fingerprint density at radius 2 is 1.95 bits per heavy atom. The van der Waals surface area contributed by atoms with Gasteiger partial charge < -0.3 is 10.8 Å². The van der Waals surface area contributed by atoms with Crippen molar-refractivity contribution in [2.75, 3.05) is 0 Å². The van der Waals surface area contributed by atoms with Crippen molar-refractivity contribution in [1.82, 2.24) is 4.90 Å². The normalized spacial score (nSPS) is 31.1. The van der Waals surface area contributed by atoms with Gasteiger partial charge in [-0.15, -0.1) is 0 Å². The zero-order valence-electron chi connectivity index (χ0n) is 11.0. The van der Waals surface area contributed by atoms with Crippen molar-refractivity contribution in [1.29, 1.82) is 0 Å². The molecule has 0 radical (unpaired) electrons. The molecule has 1 saturated carbocycles. The van der Waals surface area contributed by atoms with Gasteiger partial charge in [0.25, 0.3) is 0 Å². The van der Waals surface area contributed by atoms with Gasteiger partial charge in [-0.25, -0.2) is 0 Å². The molecule has 102 valence electrons. The molecule has 0 aromatic heterocycles. The van der Waals surface area contributed by atoms with E-state index >= 15 is 0 Å². The first-order valence-corrected chi connectivity index (χ1v) is 6.92. The lowest BCUT2D eigenvalue weighted by molar-refractivity contribution is -0.145. The Balaban J connectivity index is 1.73. The molecule has 3 N–H and O–H groups in total. The van der Waals surface area contributed by atoms with Gasteiger partial charge in [0.05, 0.1) is 0 Å². The maximum atomic E-state index is 11.3. The summed E-state index contributed by atoms with van der Waals surface area (Å²) in [5.41, 5.74) is 7.74. The van der Waals surface area contributed by atoms with Gasteiger partial charge in [0.1, 0.15) is 5.54 Å². The Kier molecular flexibility index (Phi) is 3.07. The molecule has 1 aromatic rings. The summed E-state index contributed by atoms with van der Waals surface area (Å²) in [7, 11) is 0. The topological polar surface area (TPSA) is 66.6 Å². The van der Waals surface area contributed by atoms with Crippen LogP contribution in [0.25, 0.3) is 0 Å². The van der Waals surface area contributed by atoms with Crippen molar-refractivity contribution >= 4 is 5.97 Å². The Hall–Kier alpha value is -1.39. The third-order valence-electron chi connectivity index (χ3n) is 4.57. The van der Waals surface area contributed by atoms with Gasteiger partial charge in [0.15, 0.2) is 0 Å². The van der Waals surface area contributed by atoms with E-state index in [0.29, 0.717) is 18.9 Å². The number of carboxylic acids is 1. The summed E-state index contributed by atoms with van der Waals surface area (Å²) < 4.78 is 0. The average Bonchev–Trinajstić information content (AvgIpc) is 2.82. The third-order valence-corrected chi connectivity index (χ3v) is 4.57. The second-order valence-corrected chi connectivity index (χ2v) is 5.89. The summed E-state index contributed by atoms with van der Waals surface area (Å²) >= 11 is 0. The highest BCUT2D eigenvalue weighted by Crippen LogP contribution is 2.34. The molecule has 3 rings (SSSR count). The molecule has 0 saturated heterocycles. The zero-order chi connectivity index (χ0) is 13.5. The number of benzene rings is 1. The number of fused-ring (bicyclic) bond motifs is 1. The second kappa shape index (κ2) is 4.62. The molecule has 0 amide bonds. The smallest absolute Gasteiger partial charge is 0.323 e. The van der Waals surface area contributed by atoms with E-state index in [2.05, 4.69) is 29.2 Å². The molecule has 1 aliphatic carbocycles. The van der Waals surface area contributed by atoms with Crippen molar-refractivity contribution in [3.8, 4) is 0 Å². The predicted molar refractivity (Wildman–Crippen MR) is 72.5 cm³/mol. The molecular formula is C15H20N2O2. The summed E-state index contributed by atoms with van der Waals surface area (Å²) in [4.78, 5) is 13.7. The minimum atomic E-state index is -1.03. The van der Waals surface area contributed by atoms with Crippen LogP contribution in [0.3, 0.4) is 0 Å². The first kappa shape index (κ1) is 12.6. The summed E-state index contributed by atoms with van der Waals surface area (Å²) in [6.45, 7) is 1.85. The minimum absolute atomic E-state index is 0.294. The first-order chi connectivity index (χ1) is 9.08. The number of hydrogen-bond acceptors (Lipinski definition) is 3. The van der Waals surface area contributed by atoms with E-state index in [0.717, 1.165) is 25.9 Å². The van der Waals surface area contributed by atoms with Gasteiger partial charge in [0.2, 0.25) is 0 Å². The van der Waals surface area contributed by atoms with Gasteiger partial charge in [-0.3, -0.25) is 9.69 Å². The fourth-order valence-corrected chi connectivity index (χ4v) is 3.40. The molecule has 4 nitrogen and oxygen atoms in total. The summed E-state index contributed by atoms with van der Waals surface area (Å²) in [5.74, 6) is -0.853. The molecule has 2 unspecified atom stereocenters. The summed E-state index contributed by atoms with van der Waals surface area (Å²) in [6.07, 6.45) is 3.12. The van der Waals surface area contributed by atoms with E-state index in [1.165, 1.54) is 11.1 Å². The number of aliphatic carboxylic acids is 1. The van der Waals surface area contributed by atoms with Crippen LogP contribution in [0, 0.1) is 0 Å². The van der Waals surface area contributed by atoms with Crippen LogP contribution in [0.2, 0.25) is 0 Å². The van der Waals surface area contributed by atoms with Gasteiger partial charge in [0, 0.05) is 19.1 Å². The van der Waals surface area contributed by atoms with Crippen molar-refractivity contribution in [3.63, 3.8) is 0 Å². The highest BCUT2D eigenvalue weighted by Gasteiger charge is 2.41. The lowest BCUT2D eigenvalue weighted by atomic mass is 9.79. The van der Waals surface area contributed by atoms with Crippen LogP contribution in [0.15, 0.2) is 24.3 Å². The first-order valence-electron chi connectivity index (χ1n) is 6.92. The molecule has 1 heterocycles. The zero-order valence-corrected chi connectivity index (χ0v) is 11.0. The number of carboxylic acid groups (broad SMARTS) is 1. The van der Waals surface area contributed by atoms with Gasteiger partial charge in [-0.2, -0.15) is 0 Å². The van der Waals surface area contributed by atoms with E-state index in [1.807, 2.05) is 0 Å². The number of nitrogens with zero attached hydrogens (tertiary/aromatic N) is 1. The van der Waals surface area contributed by atoms with E-state index in [1.54, 1.807) is 0 Å². The SMILES string of the molecule is NC1(C(=O)O)CCCC(N2Cc3ccccc3C2)C1. The number of carbonyl (C=O) groups is 1. The Labute approximate surface area is 113 Å². The minimum Gasteiger partial charge on any atom is -0.480 e. The van der Waals surface area contributed by atoms with Crippen molar-refractivity contribution in [2.45, 2.75) is 50.4 Å². The molecular weight excluding hydrogens is 240 g/mol. The summed E-state index contributed by atoms with van der Waals surface area (Å²) in [6, 6.07) is 8.74. The number of nitrogens with two attached hydrogens (primary N) is 1.